The number of ether oxygens (including phenoxy) is 1. The fourth-order valence-electron chi connectivity index (χ4n) is 3.39. The second-order valence-electron chi connectivity index (χ2n) is 8.46. The van der Waals surface area contributed by atoms with Crippen molar-refractivity contribution < 1.29 is 9.84 Å². The van der Waals surface area contributed by atoms with E-state index in [0.29, 0.717) is 17.8 Å². The topological polar surface area (TPSA) is 29.5 Å². The molecule has 0 amide bonds. The van der Waals surface area contributed by atoms with E-state index >= 15 is 0 Å². The first-order valence-electron chi connectivity index (χ1n) is 9.69. The van der Waals surface area contributed by atoms with Gasteiger partial charge in [0.05, 0.1) is 0 Å². The van der Waals surface area contributed by atoms with Crippen molar-refractivity contribution in [1.29, 1.82) is 0 Å². The second-order valence-corrected chi connectivity index (χ2v) is 8.46. The van der Waals surface area contributed by atoms with Crippen molar-refractivity contribution in [3.63, 3.8) is 0 Å². The molecule has 0 aromatic carbocycles. The van der Waals surface area contributed by atoms with Crippen LogP contribution in [-0.2, 0) is 4.74 Å². The van der Waals surface area contributed by atoms with Gasteiger partial charge in [0.15, 0.2) is 0 Å². The Balaban J connectivity index is 5.52. The van der Waals surface area contributed by atoms with Crippen molar-refractivity contribution in [3.05, 3.63) is 11.5 Å². The van der Waals surface area contributed by atoms with E-state index < -0.39 is 0 Å². The molecule has 0 aromatic heterocycles. The Bertz CT molecular complexity index is 329. The Kier molecular flexibility index (Phi) is 9.96. The SMILES string of the molecule is CCC(CC)C(OC(O)=C(CC(C)(C)C)C(C)C)C(CC)CC. The van der Waals surface area contributed by atoms with Crippen LogP contribution < -0.4 is 0 Å². The Morgan fingerprint density at radius 3 is 1.52 bits per heavy atom. The standard InChI is InChI=1S/C21H42O2/c1-10-16(11-2)19(17(12-3)13-4)23-20(22)18(15(5)6)14-21(7,8)9/h15-17,19,22H,10-14H2,1-9H3. The van der Waals surface area contributed by atoms with Gasteiger partial charge in [-0.2, -0.15) is 0 Å². The Morgan fingerprint density at radius 1 is 0.870 bits per heavy atom. The summed E-state index contributed by atoms with van der Waals surface area (Å²) in [6.45, 7) is 19.8. The summed E-state index contributed by atoms with van der Waals surface area (Å²) in [5.74, 6) is 1.51. The molecule has 138 valence electrons. The second kappa shape index (κ2) is 10.3. The third kappa shape index (κ3) is 7.63. The monoisotopic (exact) mass is 326 g/mol. The van der Waals surface area contributed by atoms with Gasteiger partial charge >= 0.3 is 0 Å². The van der Waals surface area contributed by atoms with E-state index in [-0.39, 0.29) is 17.5 Å². The molecule has 0 heterocycles. The zero-order valence-corrected chi connectivity index (χ0v) is 17.2. The van der Waals surface area contributed by atoms with Gasteiger partial charge in [0.2, 0.25) is 0 Å². The number of hydrogen-bond acceptors (Lipinski definition) is 2. The van der Waals surface area contributed by atoms with Gasteiger partial charge in [-0.3, -0.25) is 0 Å². The zero-order valence-electron chi connectivity index (χ0n) is 17.2. The summed E-state index contributed by atoms with van der Waals surface area (Å²) in [6, 6.07) is 0. The molecule has 2 nitrogen and oxygen atoms in total. The third-order valence-electron chi connectivity index (χ3n) is 4.97. The first-order chi connectivity index (χ1) is 10.6. The Labute approximate surface area is 145 Å². The minimum absolute atomic E-state index is 0.119. The van der Waals surface area contributed by atoms with E-state index in [1.807, 2.05) is 0 Å². The van der Waals surface area contributed by atoms with Crippen molar-refractivity contribution in [3.8, 4) is 0 Å². The molecule has 0 saturated carbocycles. The molecule has 23 heavy (non-hydrogen) atoms. The fourth-order valence-corrected chi connectivity index (χ4v) is 3.39. The van der Waals surface area contributed by atoms with Crippen LogP contribution in [0.25, 0.3) is 0 Å². The molecule has 0 saturated heterocycles. The number of hydrogen-bond donors (Lipinski definition) is 1. The van der Waals surface area contributed by atoms with Gasteiger partial charge in [0.1, 0.15) is 6.10 Å². The van der Waals surface area contributed by atoms with Crippen LogP contribution in [0.2, 0.25) is 0 Å². The highest BCUT2D eigenvalue weighted by Gasteiger charge is 2.30. The van der Waals surface area contributed by atoms with Crippen molar-refractivity contribution in [2.75, 3.05) is 0 Å². The average molecular weight is 327 g/mol. The summed E-state index contributed by atoms with van der Waals surface area (Å²) in [4.78, 5) is 0. The normalized spacial score (nSPS) is 14.1. The summed E-state index contributed by atoms with van der Waals surface area (Å²) in [5.41, 5.74) is 1.20. The Morgan fingerprint density at radius 2 is 1.26 bits per heavy atom. The number of aliphatic hydroxyl groups excluding tert-OH is 1. The van der Waals surface area contributed by atoms with Crippen molar-refractivity contribution in [2.24, 2.45) is 23.2 Å². The van der Waals surface area contributed by atoms with Crippen LogP contribution in [0.5, 0.6) is 0 Å². The van der Waals surface area contributed by atoms with Crippen LogP contribution in [0.3, 0.4) is 0 Å². The van der Waals surface area contributed by atoms with Gasteiger partial charge in [-0.15, -0.1) is 0 Å². The molecule has 0 atom stereocenters. The molecular formula is C21H42O2. The molecular weight excluding hydrogens is 284 g/mol. The summed E-state index contributed by atoms with van der Waals surface area (Å²) in [6.07, 6.45) is 5.38. The molecule has 0 aliphatic rings. The zero-order chi connectivity index (χ0) is 18.2. The maximum atomic E-state index is 10.8. The minimum atomic E-state index is 0.119. The third-order valence-corrected chi connectivity index (χ3v) is 4.97. The predicted octanol–water partition coefficient (Wildman–Crippen LogP) is 7.11. The highest BCUT2D eigenvalue weighted by molar-refractivity contribution is 5.08. The molecule has 2 heteroatoms. The quantitative estimate of drug-likeness (QED) is 0.433. The lowest BCUT2D eigenvalue weighted by Crippen LogP contribution is -2.32. The van der Waals surface area contributed by atoms with E-state index in [2.05, 4.69) is 62.3 Å². The summed E-state index contributed by atoms with van der Waals surface area (Å²) < 4.78 is 6.24. The minimum Gasteiger partial charge on any atom is -0.481 e. The lowest BCUT2D eigenvalue weighted by Gasteiger charge is -2.33. The summed E-state index contributed by atoms with van der Waals surface area (Å²) in [7, 11) is 0. The van der Waals surface area contributed by atoms with Gasteiger partial charge in [0.25, 0.3) is 5.95 Å². The van der Waals surface area contributed by atoms with Crippen LogP contribution in [-0.4, -0.2) is 11.2 Å². The van der Waals surface area contributed by atoms with E-state index in [9.17, 15) is 5.11 Å². The highest BCUT2D eigenvalue weighted by atomic mass is 16.6. The lowest BCUT2D eigenvalue weighted by molar-refractivity contribution is -0.0429. The number of aliphatic hydroxyl groups is 1. The molecule has 0 aliphatic carbocycles. The number of allylic oxidation sites excluding steroid dienone is 1. The van der Waals surface area contributed by atoms with Crippen LogP contribution in [0.4, 0.5) is 0 Å². The van der Waals surface area contributed by atoms with Gasteiger partial charge in [-0.1, -0.05) is 62.3 Å². The largest absolute Gasteiger partial charge is 0.481 e. The van der Waals surface area contributed by atoms with Crippen LogP contribution in [0, 0.1) is 23.2 Å². The lowest BCUT2D eigenvalue weighted by atomic mass is 9.83. The summed E-state index contributed by atoms with van der Waals surface area (Å²) in [5, 5.41) is 10.8. The summed E-state index contributed by atoms with van der Waals surface area (Å²) >= 11 is 0. The predicted molar refractivity (Wildman–Crippen MR) is 102 cm³/mol. The van der Waals surface area contributed by atoms with Gasteiger partial charge < -0.3 is 9.84 Å². The Hall–Kier alpha value is -0.660. The molecule has 0 spiro atoms. The number of rotatable bonds is 10. The van der Waals surface area contributed by atoms with Crippen LogP contribution >= 0.6 is 0 Å². The molecule has 0 unspecified atom stereocenters. The van der Waals surface area contributed by atoms with Gasteiger partial charge in [-0.25, -0.2) is 0 Å². The highest BCUT2D eigenvalue weighted by Crippen LogP contribution is 2.34. The molecule has 0 aromatic rings. The average Bonchev–Trinajstić information content (AvgIpc) is 2.45. The molecule has 0 fully saturated rings. The smallest absolute Gasteiger partial charge is 0.276 e. The van der Waals surface area contributed by atoms with E-state index in [1.165, 1.54) is 0 Å². The van der Waals surface area contributed by atoms with Crippen LogP contribution in [0.1, 0.15) is 94.4 Å². The first-order valence-corrected chi connectivity index (χ1v) is 9.69. The molecule has 0 rings (SSSR count). The van der Waals surface area contributed by atoms with Crippen molar-refractivity contribution >= 4 is 0 Å². The van der Waals surface area contributed by atoms with Gasteiger partial charge in [0, 0.05) is 5.57 Å². The maximum absolute atomic E-state index is 10.8. The maximum Gasteiger partial charge on any atom is 0.276 e. The van der Waals surface area contributed by atoms with Crippen molar-refractivity contribution in [1.82, 2.24) is 0 Å². The molecule has 1 N–H and O–H groups in total. The van der Waals surface area contributed by atoms with Crippen molar-refractivity contribution in [2.45, 2.75) is 101 Å². The molecule has 0 aliphatic heterocycles. The molecule has 0 radical (unpaired) electrons. The van der Waals surface area contributed by atoms with E-state index in [1.54, 1.807) is 0 Å². The fraction of sp³-hybridized carbons (Fsp3) is 0.905. The van der Waals surface area contributed by atoms with Gasteiger partial charge in [-0.05, 0) is 55.3 Å². The van der Waals surface area contributed by atoms with Crippen LogP contribution in [0.15, 0.2) is 11.5 Å². The van der Waals surface area contributed by atoms with E-state index in [0.717, 1.165) is 37.7 Å². The van der Waals surface area contributed by atoms with E-state index in [4.69, 9.17) is 4.74 Å². The molecule has 0 bridgehead atoms. The first kappa shape index (κ1) is 22.3.